The highest BCUT2D eigenvalue weighted by atomic mass is 19.1. The molecule has 2 saturated carbocycles. The highest BCUT2D eigenvalue weighted by molar-refractivity contribution is 6.01. The number of aromatic nitrogens is 2. The Morgan fingerprint density at radius 3 is 1.43 bits per heavy atom. The van der Waals surface area contributed by atoms with Gasteiger partial charge in [0.05, 0.1) is 12.2 Å². The standard InChI is InChI=1S/2C20H20F2N2O3/c2*21-14-5-6-15(22)13(9-14)11-24-10-12-7-8-23-19(18(12)20(24)26)27-17-4-2-1-3-16(17)25/h2*5-9,16-17,25H,1-4,10-11H2/t2*16-,17-/m10/s1. The fraction of sp³-hybridized carbons (Fsp3) is 0.400. The normalized spacial score (nSPS) is 22.0. The van der Waals surface area contributed by atoms with E-state index < -0.39 is 35.5 Å². The van der Waals surface area contributed by atoms with Gasteiger partial charge in [-0.05, 0) is 98.2 Å². The van der Waals surface area contributed by atoms with Gasteiger partial charge in [0.25, 0.3) is 11.8 Å². The van der Waals surface area contributed by atoms with Crippen LogP contribution < -0.4 is 9.47 Å². The summed E-state index contributed by atoms with van der Waals surface area (Å²) in [5, 5.41) is 20.2. The molecule has 4 heterocycles. The minimum absolute atomic E-state index is 0.0391. The van der Waals surface area contributed by atoms with Gasteiger partial charge >= 0.3 is 0 Å². The van der Waals surface area contributed by atoms with Crippen molar-refractivity contribution in [1.82, 2.24) is 19.8 Å². The molecule has 0 saturated heterocycles. The number of aliphatic hydroxyl groups is 2. The smallest absolute Gasteiger partial charge is 0.260 e. The summed E-state index contributed by atoms with van der Waals surface area (Å²) in [5.74, 6) is -2.47. The maximum atomic E-state index is 13.9. The maximum absolute atomic E-state index is 13.9. The van der Waals surface area contributed by atoms with E-state index in [1.54, 1.807) is 24.5 Å². The average molecular weight is 749 g/mol. The summed E-state index contributed by atoms with van der Waals surface area (Å²) in [6, 6.07) is 9.84. The van der Waals surface area contributed by atoms with Gasteiger partial charge in [0.1, 0.15) is 46.6 Å². The molecule has 54 heavy (non-hydrogen) atoms. The first-order valence-electron chi connectivity index (χ1n) is 18.2. The Kier molecular flexibility index (Phi) is 11.1. The lowest BCUT2D eigenvalue weighted by atomic mass is 9.95. The molecule has 2 aliphatic heterocycles. The first-order valence-corrected chi connectivity index (χ1v) is 18.2. The van der Waals surface area contributed by atoms with Crippen LogP contribution in [0, 0.1) is 23.3 Å². The molecule has 4 aliphatic rings. The Hall–Kier alpha value is -5.08. The van der Waals surface area contributed by atoms with E-state index in [9.17, 15) is 37.4 Å². The van der Waals surface area contributed by atoms with Crippen molar-refractivity contribution in [3.8, 4) is 11.8 Å². The van der Waals surface area contributed by atoms with Crippen molar-refractivity contribution < 1.29 is 46.8 Å². The monoisotopic (exact) mass is 748 g/mol. The van der Waals surface area contributed by atoms with Gasteiger partial charge in [0.2, 0.25) is 11.8 Å². The number of carbonyl (C=O) groups excluding carboxylic acids is 2. The first-order chi connectivity index (χ1) is 26.0. The molecule has 2 N–H and O–H groups in total. The van der Waals surface area contributed by atoms with Crippen LogP contribution in [0.4, 0.5) is 17.6 Å². The first kappa shape index (κ1) is 37.2. The van der Waals surface area contributed by atoms with E-state index in [1.807, 2.05) is 0 Å². The molecule has 2 aromatic carbocycles. The second-order valence-corrected chi connectivity index (χ2v) is 14.1. The zero-order valence-electron chi connectivity index (χ0n) is 29.4. The minimum Gasteiger partial charge on any atom is -0.471 e. The summed E-state index contributed by atoms with van der Waals surface area (Å²) in [7, 11) is 0. The molecule has 2 aliphatic carbocycles. The lowest BCUT2D eigenvalue weighted by Gasteiger charge is -2.28. The van der Waals surface area contributed by atoms with E-state index in [0.717, 1.165) is 73.2 Å². The summed E-state index contributed by atoms with van der Waals surface area (Å²) in [6.07, 6.45) is 7.74. The van der Waals surface area contributed by atoms with Crippen molar-refractivity contribution in [3.05, 3.63) is 118 Å². The molecular weight excluding hydrogens is 708 g/mol. The summed E-state index contributed by atoms with van der Waals surface area (Å²) in [6.45, 7) is 0.470. The largest absolute Gasteiger partial charge is 0.471 e. The molecule has 0 spiro atoms. The van der Waals surface area contributed by atoms with Crippen molar-refractivity contribution in [2.45, 2.75) is 102 Å². The molecule has 0 bridgehead atoms. The number of rotatable bonds is 8. The van der Waals surface area contributed by atoms with E-state index in [2.05, 4.69) is 9.97 Å². The number of hydrogen-bond donors (Lipinski definition) is 2. The quantitative estimate of drug-likeness (QED) is 0.199. The van der Waals surface area contributed by atoms with Crippen molar-refractivity contribution in [3.63, 3.8) is 0 Å². The number of hydrogen-bond acceptors (Lipinski definition) is 8. The summed E-state index contributed by atoms with van der Waals surface area (Å²) >= 11 is 0. The van der Waals surface area contributed by atoms with Gasteiger partial charge in [-0.15, -0.1) is 0 Å². The van der Waals surface area contributed by atoms with Gasteiger partial charge in [-0.2, -0.15) is 0 Å². The Bertz CT molecular complexity index is 1890. The molecule has 2 aromatic heterocycles. The van der Waals surface area contributed by atoms with Gasteiger partial charge in [-0.1, -0.05) is 12.8 Å². The van der Waals surface area contributed by atoms with Gasteiger partial charge < -0.3 is 29.5 Å². The minimum atomic E-state index is -0.578. The number of benzene rings is 2. The van der Waals surface area contributed by atoms with Crippen LogP contribution in [0.2, 0.25) is 0 Å². The Labute approximate surface area is 309 Å². The van der Waals surface area contributed by atoms with Gasteiger partial charge in [-0.3, -0.25) is 9.59 Å². The molecule has 2 amide bonds. The number of halogens is 4. The van der Waals surface area contributed by atoms with Crippen molar-refractivity contribution in [1.29, 1.82) is 0 Å². The molecule has 0 unspecified atom stereocenters. The second kappa shape index (κ2) is 16.1. The molecule has 284 valence electrons. The van der Waals surface area contributed by atoms with E-state index in [1.165, 1.54) is 9.80 Å². The van der Waals surface area contributed by atoms with Crippen LogP contribution in [0.1, 0.15) is 94.3 Å². The molecule has 10 nitrogen and oxygen atoms in total. The molecular formula is C40H40F4N4O6. The predicted molar refractivity (Wildman–Crippen MR) is 186 cm³/mol. The zero-order chi connectivity index (χ0) is 37.9. The van der Waals surface area contributed by atoms with Crippen LogP contribution in [-0.2, 0) is 26.2 Å². The number of pyridine rings is 2. The highest BCUT2D eigenvalue weighted by Gasteiger charge is 2.36. The molecule has 14 heteroatoms. The van der Waals surface area contributed by atoms with Crippen LogP contribution in [0.3, 0.4) is 0 Å². The van der Waals surface area contributed by atoms with Gasteiger partial charge in [0.15, 0.2) is 0 Å². The van der Waals surface area contributed by atoms with E-state index in [4.69, 9.17) is 9.47 Å². The average Bonchev–Trinajstić information content (AvgIpc) is 3.65. The second-order valence-electron chi connectivity index (χ2n) is 14.1. The van der Waals surface area contributed by atoms with Crippen molar-refractivity contribution >= 4 is 11.8 Å². The van der Waals surface area contributed by atoms with Crippen molar-refractivity contribution in [2.75, 3.05) is 0 Å². The third kappa shape index (κ3) is 8.04. The topological polar surface area (TPSA) is 125 Å². The SMILES string of the molecule is O=C1c2c(ccnc2O[C@@H]2CCCC[C@H]2O)CN1Cc1cc(F)ccc1F.O=C1c2c(ccnc2O[C@H]2CCCC[C@@H]2O)CN1Cc1cc(F)ccc1F. The van der Waals surface area contributed by atoms with E-state index in [-0.39, 0.29) is 73.1 Å². The number of aliphatic hydroxyl groups excluding tert-OH is 2. The van der Waals surface area contributed by atoms with E-state index >= 15 is 0 Å². The van der Waals surface area contributed by atoms with Crippen LogP contribution in [0.25, 0.3) is 0 Å². The third-order valence-corrected chi connectivity index (χ3v) is 10.3. The summed E-state index contributed by atoms with van der Waals surface area (Å²) in [5.41, 5.74) is 2.38. The predicted octanol–water partition coefficient (Wildman–Crippen LogP) is 6.40. The molecule has 2 fully saturated rings. The number of ether oxygens (including phenoxy) is 2. The fourth-order valence-corrected chi connectivity index (χ4v) is 7.44. The molecule has 8 rings (SSSR count). The summed E-state index contributed by atoms with van der Waals surface area (Å²) < 4.78 is 66.5. The Morgan fingerprint density at radius 2 is 1.02 bits per heavy atom. The lowest BCUT2D eigenvalue weighted by molar-refractivity contribution is 0.00397. The number of nitrogens with zero attached hydrogens (tertiary/aromatic N) is 4. The third-order valence-electron chi connectivity index (χ3n) is 10.3. The summed E-state index contributed by atoms with van der Waals surface area (Å²) in [4.78, 5) is 37.0. The van der Waals surface area contributed by atoms with Crippen LogP contribution in [0.15, 0.2) is 60.9 Å². The number of carbonyl (C=O) groups is 2. The molecule has 4 atom stereocenters. The number of amides is 2. The Balaban J connectivity index is 0.000000167. The number of fused-ring (bicyclic) bond motifs is 2. The molecule has 0 radical (unpaired) electrons. The lowest BCUT2D eigenvalue weighted by Crippen LogP contribution is -2.35. The van der Waals surface area contributed by atoms with Gasteiger partial charge in [-0.25, -0.2) is 27.5 Å². The zero-order valence-corrected chi connectivity index (χ0v) is 29.4. The maximum Gasteiger partial charge on any atom is 0.260 e. The molecule has 4 aromatic rings. The van der Waals surface area contributed by atoms with E-state index in [0.29, 0.717) is 36.8 Å². The van der Waals surface area contributed by atoms with Gasteiger partial charge in [0, 0.05) is 49.7 Å². The van der Waals surface area contributed by atoms with Crippen molar-refractivity contribution in [2.24, 2.45) is 0 Å². The fourth-order valence-electron chi connectivity index (χ4n) is 7.44. The highest BCUT2D eigenvalue weighted by Crippen LogP contribution is 2.35. The Morgan fingerprint density at radius 1 is 0.611 bits per heavy atom. The van der Waals surface area contributed by atoms with Crippen LogP contribution >= 0.6 is 0 Å². The van der Waals surface area contributed by atoms with Crippen LogP contribution in [0.5, 0.6) is 11.8 Å². The van der Waals surface area contributed by atoms with Crippen LogP contribution in [-0.4, -0.2) is 66.2 Å².